The summed E-state index contributed by atoms with van der Waals surface area (Å²) >= 11 is 0. The lowest BCUT2D eigenvalue weighted by atomic mass is 10.1. The molecule has 0 bridgehead atoms. The number of pyridine rings is 1. The predicted molar refractivity (Wildman–Crippen MR) is 197 cm³/mol. The zero-order chi connectivity index (χ0) is 31.8. The smallest absolute Gasteiger partial charge is 0.130 e. The third-order valence-corrected chi connectivity index (χ3v) is 8.83. The van der Waals surface area contributed by atoms with Gasteiger partial charge < -0.3 is 10.2 Å². The van der Waals surface area contributed by atoms with Crippen molar-refractivity contribution >= 4 is 5.82 Å². The van der Waals surface area contributed by atoms with Crippen LogP contribution < -0.4 is 5.32 Å². The molecule has 1 aliphatic carbocycles. The van der Waals surface area contributed by atoms with Crippen LogP contribution in [0, 0.1) is 0 Å². The third kappa shape index (κ3) is 16.1. The highest BCUT2D eigenvalue weighted by Gasteiger charge is 2.39. The molecule has 3 aliphatic rings. The van der Waals surface area contributed by atoms with E-state index in [1.54, 1.807) is 5.56 Å². The molecule has 3 heterocycles. The number of aryl methyl sites for hydroxylation is 1. The molecule has 4 rings (SSSR count). The highest BCUT2D eigenvalue weighted by Crippen LogP contribution is 2.52. The van der Waals surface area contributed by atoms with Gasteiger partial charge in [-0.3, -0.25) is 0 Å². The van der Waals surface area contributed by atoms with Crippen LogP contribution >= 0.6 is 0 Å². The fourth-order valence-corrected chi connectivity index (χ4v) is 6.20. The largest absolute Gasteiger partial charge is 0.370 e. The summed E-state index contributed by atoms with van der Waals surface area (Å²) in [5.41, 5.74) is 6.86. The molecule has 2 aliphatic heterocycles. The average Bonchev–Trinajstić information content (AvgIpc) is 3.73. The summed E-state index contributed by atoms with van der Waals surface area (Å²) in [5, 5.41) is 3.45. The minimum atomic E-state index is 0.760. The maximum absolute atomic E-state index is 4.79. The Bertz CT molecular complexity index is 988. The lowest BCUT2D eigenvalue weighted by Crippen LogP contribution is -2.17. The minimum Gasteiger partial charge on any atom is -0.370 e. The Morgan fingerprint density at radius 1 is 0.841 bits per heavy atom. The summed E-state index contributed by atoms with van der Waals surface area (Å²) in [5.74, 6) is 1.95. The summed E-state index contributed by atoms with van der Waals surface area (Å²) in [4.78, 5) is 7.05. The van der Waals surface area contributed by atoms with Gasteiger partial charge in [-0.25, -0.2) is 4.98 Å². The van der Waals surface area contributed by atoms with E-state index >= 15 is 0 Å². The van der Waals surface area contributed by atoms with Crippen LogP contribution in [0.4, 0.5) is 5.82 Å². The first kappa shape index (κ1) is 37.9. The Morgan fingerprint density at radius 2 is 1.43 bits per heavy atom. The van der Waals surface area contributed by atoms with Gasteiger partial charge in [0.25, 0.3) is 0 Å². The van der Waals surface area contributed by atoms with E-state index in [9.17, 15) is 0 Å². The average molecular weight is 604 g/mol. The Hall–Kier alpha value is -2.29. The van der Waals surface area contributed by atoms with Crippen LogP contribution in [0.2, 0.25) is 0 Å². The molecule has 3 heteroatoms. The molecule has 0 radical (unpaired) electrons. The molecule has 0 fully saturated rings. The number of rotatable bonds is 21. The van der Waals surface area contributed by atoms with Crippen LogP contribution in [-0.4, -0.2) is 23.0 Å². The fourth-order valence-electron chi connectivity index (χ4n) is 6.20. The molecule has 1 aromatic heterocycles. The second-order valence-electron chi connectivity index (χ2n) is 13.4. The molecule has 0 spiro atoms. The summed E-state index contributed by atoms with van der Waals surface area (Å²) < 4.78 is 0. The molecule has 1 unspecified atom stereocenters. The van der Waals surface area contributed by atoms with Crippen molar-refractivity contribution in [3.8, 4) is 0 Å². The highest BCUT2D eigenvalue weighted by atomic mass is 15.1. The van der Waals surface area contributed by atoms with Crippen molar-refractivity contribution < 1.29 is 0 Å². The highest BCUT2D eigenvalue weighted by molar-refractivity contribution is 5.68. The quantitative estimate of drug-likeness (QED) is 0.112. The summed E-state index contributed by atoms with van der Waals surface area (Å²) in [6, 6.07) is 2.36. The van der Waals surface area contributed by atoms with Crippen molar-refractivity contribution in [2.45, 2.75) is 168 Å². The molecule has 1 N–H and O–H groups in total. The van der Waals surface area contributed by atoms with Crippen LogP contribution in [0.3, 0.4) is 0 Å². The SMILES string of the molecule is C=C(C)CCCCCCCCc1cc2c3c(n1)NCCC23.C=C1C=CC=CN1CCCCCCCCCCCCC.CCC. The van der Waals surface area contributed by atoms with Gasteiger partial charge in [-0.15, -0.1) is 6.58 Å². The molecule has 0 saturated carbocycles. The molecule has 0 aromatic carbocycles. The maximum Gasteiger partial charge on any atom is 0.130 e. The zero-order valence-corrected chi connectivity index (χ0v) is 29.5. The van der Waals surface area contributed by atoms with Gasteiger partial charge in [0.2, 0.25) is 0 Å². The topological polar surface area (TPSA) is 28.2 Å². The number of hydrogen-bond acceptors (Lipinski definition) is 3. The Kier molecular flexibility index (Phi) is 20.7. The van der Waals surface area contributed by atoms with Crippen LogP contribution in [0.25, 0.3) is 0 Å². The van der Waals surface area contributed by atoms with Crippen LogP contribution in [0.15, 0.2) is 54.9 Å². The first-order valence-corrected chi connectivity index (χ1v) is 18.7. The van der Waals surface area contributed by atoms with Crippen molar-refractivity contribution in [2.75, 3.05) is 18.4 Å². The first-order valence-electron chi connectivity index (χ1n) is 18.7. The number of anilines is 1. The van der Waals surface area contributed by atoms with Crippen LogP contribution in [0.1, 0.15) is 179 Å². The van der Waals surface area contributed by atoms with Gasteiger partial charge >= 0.3 is 0 Å². The number of unbranched alkanes of at least 4 members (excludes halogenated alkanes) is 15. The van der Waals surface area contributed by atoms with Crippen molar-refractivity contribution in [3.05, 3.63) is 71.7 Å². The Labute approximate surface area is 273 Å². The predicted octanol–water partition coefficient (Wildman–Crippen LogP) is 12.8. The van der Waals surface area contributed by atoms with E-state index in [1.165, 1.54) is 151 Å². The number of nitrogens with one attached hydrogen (secondary N) is 1. The molecule has 0 amide bonds. The Morgan fingerprint density at radius 3 is 2.05 bits per heavy atom. The molecular formula is C41H69N3. The van der Waals surface area contributed by atoms with E-state index in [0.717, 1.165) is 31.1 Å². The number of hydrogen-bond donors (Lipinski definition) is 1. The van der Waals surface area contributed by atoms with Crippen molar-refractivity contribution in [2.24, 2.45) is 0 Å². The molecular weight excluding hydrogens is 534 g/mol. The van der Waals surface area contributed by atoms with Gasteiger partial charge in [-0.05, 0) is 69.2 Å². The van der Waals surface area contributed by atoms with Crippen LogP contribution in [-0.2, 0) is 6.42 Å². The monoisotopic (exact) mass is 604 g/mol. The third-order valence-electron chi connectivity index (χ3n) is 8.83. The van der Waals surface area contributed by atoms with Gasteiger partial charge in [-0.1, -0.05) is 135 Å². The summed E-state index contributed by atoms with van der Waals surface area (Å²) in [6.07, 6.45) is 36.8. The van der Waals surface area contributed by atoms with Gasteiger partial charge in [0.1, 0.15) is 5.82 Å². The molecule has 248 valence electrons. The van der Waals surface area contributed by atoms with Gasteiger partial charge in [0.15, 0.2) is 0 Å². The second-order valence-corrected chi connectivity index (χ2v) is 13.4. The fraction of sp³-hybridized carbons (Fsp3) is 0.683. The minimum absolute atomic E-state index is 0.760. The van der Waals surface area contributed by atoms with E-state index in [1.807, 2.05) is 0 Å². The van der Waals surface area contributed by atoms with Gasteiger partial charge in [-0.2, -0.15) is 0 Å². The Balaban J connectivity index is 0.000000282. The second kappa shape index (κ2) is 24.0. The lowest BCUT2D eigenvalue weighted by molar-refractivity contribution is 0.444. The number of aromatic nitrogens is 1. The summed E-state index contributed by atoms with van der Waals surface area (Å²) in [7, 11) is 0. The van der Waals surface area contributed by atoms with Gasteiger partial charge in [0, 0.05) is 42.2 Å². The van der Waals surface area contributed by atoms with Gasteiger partial charge in [0.05, 0.1) is 0 Å². The molecule has 0 saturated heterocycles. The lowest BCUT2D eigenvalue weighted by Gasteiger charge is -2.22. The van der Waals surface area contributed by atoms with E-state index in [4.69, 9.17) is 4.98 Å². The number of nitrogens with zero attached hydrogens (tertiary/aromatic N) is 2. The zero-order valence-electron chi connectivity index (χ0n) is 29.5. The summed E-state index contributed by atoms with van der Waals surface area (Å²) in [6.45, 7) is 18.9. The number of allylic oxidation sites excluding steroid dienone is 4. The first-order chi connectivity index (χ1) is 21.5. The van der Waals surface area contributed by atoms with E-state index in [2.05, 4.69) is 81.6 Å². The maximum atomic E-state index is 4.79. The molecule has 3 nitrogen and oxygen atoms in total. The standard InChI is InChI=1S/C19H28N2.C19H33N.C3H8/c1-14(2)9-7-5-3-4-6-8-10-15-13-17-16-11-12-20-19(21-15)18(16)17;1-3-4-5-6-7-8-9-10-11-12-14-17-20-18-15-13-16-19(20)2;1-3-2/h13,16H,1,3-12H2,2H3,(H,20,21);13,15-16,18H,2-12,14,17H2,1H3;3H2,1-2H3. The van der Waals surface area contributed by atoms with Crippen molar-refractivity contribution in [1.29, 1.82) is 0 Å². The normalized spacial score (nSPS) is 15.5. The molecule has 1 atom stereocenters. The molecule has 44 heavy (non-hydrogen) atoms. The van der Waals surface area contributed by atoms with Crippen molar-refractivity contribution in [1.82, 2.24) is 9.88 Å². The number of fused-ring (bicyclic) bond motifs is 1. The van der Waals surface area contributed by atoms with E-state index in [-0.39, 0.29) is 0 Å². The van der Waals surface area contributed by atoms with Crippen LogP contribution in [0.5, 0.6) is 0 Å². The van der Waals surface area contributed by atoms with E-state index in [0.29, 0.717) is 0 Å². The van der Waals surface area contributed by atoms with Crippen molar-refractivity contribution in [3.63, 3.8) is 0 Å². The van der Waals surface area contributed by atoms with E-state index < -0.39 is 0 Å². The molecule has 1 aromatic rings.